The smallest absolute Gasteiger partial charge is 0.267 e. The van der Waals surface area contributed by atoms with E-state index in [1.807, 2.05) is 0 Å². The van der Waals surface area contributed by atoms with Gasteiger partial charge in [0.05, 0.1) is 11.9 Å². The van der Waals surface area contributed by atoms with Gasteiger partial charge in [-0.15, -0.1) is 0 Å². The Morgan fingerprint density at radius 1 is 1.17 bits per heavy atom. The van der Waals surface area contributed by atoms with E-state index in [0.29, 0.717) is 0 Å². The Balaban J connectivity index is 4.15. The van der Waals surface area contributed by atoms with Gasteiger partial charge in [-0.05, 0) is 13.8 Å². The lowest BCUT2D eigenvalue weighted by atomic mass is 10.9. The van der Waals surface area contributed by atoms with Crippen LogP contribution in [0.5, 0.6) is 0 Å². The zero-order valence-electron chi connectivity index (χ0n) is 6.37. The van der Waals surface area contributed by atoms with Gasteiger partial charge in [0.15, 0.2) is 0 Å². The zero-order valence-corrected chi connectivity index (χ0v) is 9.53. The summed E-state index contributed by atoms with van der Waals surface area (Å²) in [6.45, 7) is 2.87. The molecule has 0 aromatic rings. The molecule has 2 unspecified atom stereocenters. The summed E-state index contributed by atoms with van der Waals surface area (Å²) in [5.74, 6) is 0. The van der Waals surface area contributed by atoms with Gasteiger partial charge in [0.1, 0.15) is 11.1 Å². The number of rotatable bonds is 5. The molecule has 0 spiro atoms. The molecule has 0 aromatic heterocycles. The quantitative estimate of drug-likeness (QED) is 0.559. The Bertz CT molecular complexity index is 160. The minimum atomic E-state index is -3.81. The van der Waals surface area contributed by atoms with Crippen molar-refractivity contribution in [3.63, 3.8) is 0 Å². The fourth-order valence-electron chi connectivity index (χ4n) is 0.413. The molecule has 0 saturated heterocycles. The van der Waals surface area contributed by atoms with Gasteiger partial charge in [-0.25, -0.2) is 4.57 Å². The lowest BCUT2D eigenvalue weighted by Crippen LogP contribution is -2.04. The van der Waals surface area contributed by atoms with E-state index < -0.39 is 18.9 Å². The summed E-state index contributed by atoms with van der Waals surface area (Å²) >= 11 is 15.6. The molecule has 0 aliphatic rings. The Hall–Kier alpha value is 0.980. The SMILES string of the molecule is CC(Cl)OP(=O)(OCl)OC(C)Cl. The van der Waals surface area contributed by atoms with Gasteiger partial charge < -0.3 is 0 Å². The summed E-state index contributed by atoms with van der Waals surface area (Å²) < 4.78 is 24.3. The van der Waals surface area contributed by atoms with Crippen molar-refractivity contribution in [3.05, 3.63) is 0 Å². The first-order chi connectivity index (χ1) is 5.39. The fraction of sp³-hybridized carbons (Fsp3) is 1.00. The van der Waals surface area contributed by atoms with Crippen molar-refractivity contribution in [2.75, 3.05) is 0 Å². The van der Waals surface area contributed by atoms with Crippen LogP contribution in [0, 0.1) is 0 Å². The molecule has 0 aliphatic heterocycles. The Morgan fingerprint density at radius 2 is 1.50 bits per heavy atom. The van der Waals surface area contributed by atoms with E-state index >= 15 is 0 Å². The average molecular weight is 257 g/mol. The molecule has 0 radical (unpaired) electrons. The second-order valence-corrected chi connectivity index (χ2v) is 4.91. The van der Waals surface area contributed by atoms with E-state index in [9.17, 15) is 4.57 Å². The minimum Gasteiger partial charge on any atom is -0.267 e. The molecule has 12 heavy (non-hydrogen) atoms. The van der Waals surface area contributed by atoms with Crippen molar-refractivity contribution in [2.24, 2.45) is 0 Å². The number of hydrogen-bond donors (Lipinski definition) is 0. The highest BCUT2D eigenvalue weighted by Gasteiger charge is 2.30. The number of halogens is 3. The molecular weight excluding hydrogens is 249 g/mol. The van der Waals surface area contributed by atoms with Gasteiger partial charge in [-0.3, -0.25) is 9.05 Å². The van der Waals surface area contributed by atoms with Crippen LogP contribution in [0.4, 0.5) is 0 Å². The number of phosphoric ester groups is 1. The molecule has 2 atom stereocenters. The maximum Gasteiger partial charge on any atom is 0.494 e. The summed E-state index contributed by atoms with van der Waals surface area (Å²) in [5, 5.41) is 0. The van der Waals surface area contributed by atoms with E-state index in [4.69, 9.17) is 35.1 Å². The van der Waals surface area contributed by atoms with Crippen molar-refractivity contribution >= 4 is 42.9 Å². The summed E-state index contributed by atoms with van der Waals surface area (Å²) in [4.78, 5) is 0. The van der Waals surface area contributed by atoms with Gasteiger partial charge in [0.2, 0.25) is 0 Å². The summed E-state index contributed by atoms with van der Waals surface area (Å²) in [6, 6.07) is 0. The van der Waals surface area contributed by atoms with Crippen molar-refractivity contribution in [1.29, 1.82) is 0 Å². The van der Waals surface area contributed by atoms with E-state index in [-0.39, 0.29) is 0 Å². The third-order valence-electron chi connectivity index (χ3n) is 0.633. The molecular formula is C4H8Cl3O4P. The van der Waals surface area contributed by atoms with Gasteiger partial charge >= 0.3 is 7.82 Å². The Labute approximate surface area is 85.8 Å². The second kappa shape index (κ2) is 5.66. The molecule has 4 nitrogen and oxygen atoms in total. The minimum absolute atomic E-state index is 0.843. The molecule has 0 aliphatic carbocycles. The number of hydrogen-bond acceptors (Lipinski definition) is 4. The van der Waals surface area contributed by atoms with E-state index in [1.54, 1.807) is 0 Å². The molecule has 0 fully saturated rings. The maximum atomic E-state index is 11.2. The molecule has 74 valence electrons. The molecule has 0 saturated carbocycles. The maximum absolute atomic E-state index is 11.2. The first-order valence-corrected chi connectivity index (χ1v) is 5.59. The number of phosphoric acid groups is 1. The Morgan fingerprint density at radius 3 is 1.67 bits per heavy atom. The van der Waals surface area contributed by atoms with Crippen LogP contribution in [0.2, 0.25) is 0 Å². The van der Waals surface area contributed by atoms with Crippen molar-refractivity contribution in [2.45, 2.75) is 25.0 Å². The van der Waals surface area contributed by atoms with Gasteiger partial charge in [-0.2, -0.15) is 4.08 Å². The monoisotopic (exact) mass is 256 g/mol. The standard InChI is InChI=1S/C4H8Cl3O4P/c1-3(5)9-12(8,11-7)10-4(2)6/h3-4H,1-2H3. The van der Waals surface area contributed by atoms with Crippen LogP contribution in [0.15, 0.2) is 0 Å². The van der Waals surface area contributed by atoms with Crippen LogP contribution < -0.4 is 0 Å². The molecule has 0 heterocycles. The molecule has 0 bridgehead atoms. The van der Waals surface area contributed by atoms with E-state index in [0.717, 1.165) is 0 Å². The van der Waals surface area contributed by atoms with Crippen LogP contribution in [-0.4, -0.2) is 11.1 Å². The third-order valence-corrected chi connectivity index (χ3v) is 2.88. The van der Waals surface area contributed by atoms with Crippen LogP contribution in [0.3, 0.4) is 0 Å². The van der Waals surface area contributed by atoms with Gasteiger partial charge in [0, 0.05) is 0 Å². The zero-order chi connectivity index (χ0) is 9.78. The molecule has 0 N–H and O–H groups in total. The second-order valence-electron chi connectivity index (χ2n) is 1.81. The van der Waals surface area contributed by atoms with Crippen LogP contribution >= 0.6 is 42.9 Å². The van der Waals surface area contributed by atoms with Crippen LogP contribution in [0.1, 0.15) is 13.8 Å². The normalized spacial score (nSPS) is 21.4. The highest BCUT2D eigenvalue weighted by molar-refractivity contribution is 7.49. The number of alkyl halides is 2. The van der Waals surface area contributed by atoms with Crippen molar-refractivity contribution < 1.29 is 17.7 Å². The van der Waals surface area contributed by atoms with Crippen LogP contribution in [0.25, 0.3) is 0 Å². The summed E-state index contributed by atoms with van der Waals surface area (Å²) in [7, 11) is -3.81. The molecule has 0 rings (SSSR count). The van der Waals surface area contributed by atoms with E-state index in [1.165, 1.54) is 13.8 Å². The predicted molar refractivity (Wildman–Crippen MR) is 47.3 cm³/mol. The topological polar surface area (TPSA) is 44.8 Å². The average Bonchev–Trinajstić information content (AvgIpc) is 1.83. The van der Waals surface area contributed by atoms with Crippen LogP contribution in [-0.2, 0) is 17.7 Å². The van der Waals surface area contributed by atoms with Gasteiger partial charge in [-0.1, -0.05) is 23.2 Å². The van der Waals surface area contributed by atoms with E-state index in [2.05, 4.69) is 13.1 Å². The predicted octanol–water partition coefficient (Wildman–Crippen LogP) is 3.47. The van der Waals surface area contributed by atoms with Crippen molar-refractivity contribution in [1.82, 2.24) is 0 Å². The summed E-state index contributed by atoms with van der Waals surface area (Å²) in [6.07, 6.45) is 0. The summed E-state index contributed by atoms with van der Waals surface area (Å²) in [5.41, 5.74) is -1.69. The Kier molecular flexibility index (Phi) is 6.12. The molecule has 8 heteroatoms. The first kappa shape index (κ1) is 13.0. The highest BCUT2D eigenvalue weighted by atomic mass is 35.5. The van der Waals surface area contributed by atoms with Gasteiger partial charge in [0.25, 0.3) is 0 Å². The molecule has 0 amide bonds. The molecule has 0 aromatic carbocycles. The van der Waals surface area contributed by atoms with Crippen molar-refractivity contribution in [3.8, 4) is 0 Å². The lowest BCUT2D eigenvalue weighted by molar-refractivity contribution is 0.145. The fourth-order valence-corrected chi connectivity index (χ4v) is 2.02. The largest absolute Gasteiger partial charge is 0.494 e. The lowest BCUT2D eigenvalue weighted by Gasteiger charge is -2.16. The highest BCUT2D eigenvalue weighted by Crippen LogP contribution is 2.53. The third kappa shape index (κ3) is 5.60. The first-order valence-electron chi connectivity index (χ1n) is 2.95.